The number of hydrogen-bond donors (Lipinski definition) is 0. The van der Waals surface area contributed by atoms with Crippen LogP contribution < -0.4 is 0 Å². The zero-order valence-electron chi connectivity index (χ0n) is 13.3. The van der Waals surface area contributed by atoms with E-state index in [1.807, 2.05) is 42.5 Å². The molecule has 0 amide bonds. The maximum absolute atomic E-state index is 11.9. The molecule has 0 saturated heterocycles. The lowest BCUT2D eigenvalue weighted by Gasteiger charge is -2.08. The van der Waals surface area contributed by atoms with Gasteiger partial charge >= 0.3 is 11.9 Å². The van der Waals surface area contributed by atoms with Crippen molar-refractivity contribution in [2.24, 2.45) is 5.92 Å². The highest BCUT2D eigenvalue weighted by atomic mass is 16.6. The van der Waals surface area contributed by atoms with Crippen LogP contribution in [-0.4, -0.2) is 25.2 Å². The summed E-state index contributed by atoms with van der Waals surface area (Å²) in [6.07, 6.45) is 0. The summed E-state index contributed by atoms with van der Waals surface area (Å²) in [7, 11) is 0. The fourth-order valence-corrected chi connectivity index (χ4v) is 1.96. The second-order valence-electron chi connectivity index (χ2n) is 5.40. The van der Waals surface area contributed by atoms with E-state index in [2.05, 4.69) is 0 Å². The van der Waals surface area contributed by atoms with Gasteiger partial charge in [0.05, 0.1) is 11.5 Å². The minimum Gasteiger partial charge on any atom is -0.462 e. The molecule has 120 valence electrons. The summed E-state index contributed by atoms with van der Waals surface area (Å²) in [5.41, 5.74) is 2.60. The van der Waals surface area contributed by atoms with Gasteiger partial charge in [0, 0.05) is 0 Å². The third-order valence-corrected chi connectivity index (χ3v) is 3.26. The van der Waals surface area contributed by atoms with E-state index in [4.69, 9.17) is 9.47 Å². The molecule has 23 heavy (non-hydrogen) atoms. The predicted molar refractivity (Wildman–Crippen MR) is 88.0 cm³/mol. The summed E-state index contributed by atoms with van der Waals surface area (Å²) < 4.78 is 10.0. The molecule has 0 spiro atoms. The molecule has 2 rings (SSSR count). The first-order valence-electron chi connectivity index (χ1n) is 7.57. The Morgan fingerprint density at radius 2 is 1.39 bits per heavy atom. The fourth-order valence-electron chi connectivity index (χ4n) is 1.96. The smallest absolute Gasteiger partial charge is 0.338 e. The first kappa shape index (κ1) is 16.7. The van der Waals surface area contributed by atoms with Crippen molar-refractivity contribution in [3.05, 3.63) is 60.2 Å². The molecule has 0 atom stereocenters. The van der Waals surface area contributed by atoms with Crippen LogP contribution in [0.2, 0.25) is 0 Å². The van der Waals surface area contributed by atoms with Crippen molar-refractivity contribution < 1.29 is 19.1 Å². The van der Waals surface area contributed by atoms with Gasteiger partial charge in [-0.05, 0) is 23.3 Å². The molecular formula is C19H20O4. The molecule has 0 bridgehead atoms. The summed E-state index contributed by atoms with van der Waals surface area (Å²) in [4.78, 5) is 23.2. The largest absolute Gasteiger partial charge is 0.462 e. The Morgan fingerprint density at radius 3 is 2.00 bits per heavy atom. The molecule has 2 aromatic rings. The van der Waals surface area contributed by atoms with E-state index in [1.54, 1.807) is 26.0 Å². The standard InChI is InChI=1S/C19H20O4/c1-14(2)18(20)22-12-13-23-19(21)17-10-8-16(9-11-17)15-6-4-3-5-7-15/h3-11,14H,12-13H2,1-2H3. The van der Waals surface area contributed by atoms with Crippen molar-refractivity contribution in [2.45, 2.75) is 13.8 Å². The van der Waals surface area contributed by atoms with Gasteiger partial charge in [-0.25, -0.2) is 4.79 Å². The Morgan fingerprint density at radius 1 is 0.826 bits per heavy atom. The average molecular weight is 312 g/mol. The van der Waals surface area contributed by atoms with Gasteiger partial charge in [-0.1, -0.05) is 56.3 Å². The van der Waals surface area contributed by atoms with Crippen molar-refractivity contribution in [3.8, 4) is 11.1 Å². The maximum atomic E-state index is 11.9. The van der Waals surface area contributed by atoms with Crippen molar-refractivity contribution >= 4 is 11.9 Å². The van der Waals surface area contributed by atoms with Crippen LogP contribution in [0.4, 0.5) is 0 Å². The van der Waals surface area contributed by atoms with Crippen LogP contribution >= 0.6 is 0 Å². The Kier molecular flexibility index (Phi) is 5.92. The number of ether oxygens (including phenoxy) is 2. The van der Waals surface area contributed by atoms with Crippen LogP contribution in [0.3, 0.4) is 0 Å². The van der Waals surface area contributed by atoms with Crippen molar-refractivity contribution in [2.75, 3.05) is 13.2 Å². The molecule has 0 fully saturated rings. The molecule has 0 N–H and O–H groups in total. The fraction of sp³-hybridized carbons (Fsp3) is 0.263. The zero-order chi connectivity index (χ0) is 16.7. The molecule has 0 aliphatic heterocycles. The van der Waals surface area contributed by atoms with Gasteiger partial charge in [-0.2, -0.15) is 0 Å². The van der Waals surface area contributed by atoms with E-state index in [1.165, 1.54) is 0 Å². The van der Waals surface area contributed by atoms with Gasteiger partial charge in [0.1, 0.15) is 13.2 Å². The van der Waals surface area contributed by atoms with E-state index >= 15 is 0 Å². The zero-order valence-corrected chi connectivity index (χ0v) is 13.3. The molecule has 0 aliphatic carbocycles. The molecule has 4 nitrogen and oxygen atoms in total. The van der Waals surface area contributed by atoms with E-state index < -0.39 is 5.97 Å². The van der Waals surface area contributed by atoms with Crippen LogP contribution in [0.1, 0.15) is 24.2 Å². The van der Waals surface area contributed by atoms with Gasteiger partial charge in [-0.3, -0.25) is 4.79 Å². The maximum Gasteiger partial charge on any atom is 0.338 e. The Balaban J connectivity index is 1.85. The molecule has 0 aliphatic rings. The Bertz CT molecular complexity index is 645. The van der Waals surface area contributed by atoms with Gasteiger partial charge < -0.3 is 9.47 Å². The molecule has 0 saturated carbocycles. The van der Waals surface area contributed by atoms with E-state index in [0.717, 1.165) is 11.1 Å². The summed E-state index contributed by atoms with van der Waals surface area (Å²) in [6, 6.07) is 17.1. The molecule has 0 unspecified atom stereocenters. The van der Waals surface area contributed by atoms with E-state index in [0.29, 0.717) is 5.56 Å². The molecule has 0 heterocycles. The summed E-state index contributed by atoms with van der Waals surface area (Å²) in [5, 5.41) is 0. The lowest BCUT2D eigenvalue weighted by atomic mass is 10.0. The SMILES string of the molecule is CC(C)C(=O)OCCOC(=O)c1ccc(-c2ccccc2)cc1. The third-order valence-electron chi connectivity index (χ3n) is 3.26. The van der Waals surface area contributed by atoms with Crippen molar-refractivity contribution in [1.29, 1.82) is 0 Å². The second kappa shape index (κ2) is 8.13. The highest BCUT2D eigenvalue weighted by Crippen LogP contribution is 2.19. The van der Waals surface area contributed by atoms with Crippen LogP contribution in [0.25, 0.3) is 11.1 Å². The van der Waals surface area contributed by atoms with Gasteiger partial charge in [0.2, 0.25) is 0 Å². The van der Waals surface area contributed by atoms with E-state index in [9.17, 15) is 9.59 Å². The van der Waals surface area contributed by atoms with Crippen molar-refractivity contribution in [3.63, 3.8) is 0 Å². The number of esters is 2. The quantitative estimate of drug-likeness (QED) is 0.603. The number of carbonyl (C=O) groups excluding carboxylic acids is 2. The predicted octanol–water partition coefficient (Wildman–Crippen LogP) is 3.71. The first-order valence-corrected chi connectivity index (χ1v) is 7.57. The van der Waals surface area contributed by atoms with Crippen LogP contribution in [-0.2, 0) is 14.3 Å². The summed E-state index contributed by atoms with van der Waals surface area (Å²) in [5.74, 6) is -0.908. The van der Waals surface area contributed by atoms with Gasteiger partial charge in [0.15, 0.2) is 0 Å². The average Bonchev–Trinajstić information content (AvgIpc) is 2.59. The monoisotopic (exact) mass is 312 g/mol. The minimum absolute atomic E-state index is 0.0533. The van der Waals surface area contributed by atoms with Crippen LogP contribution in [0.5, 0.6) is 0 Å². The highest BCUT2D eigenvalue weighted by molar-refractivity contribution is 5.90. The topological polar surface area (TPSA) is 52.6 Å². The summed E-state index contributed by atoms with van der Waals surface area (Å²) in [6.45, 7) is 3.63. The normalized spacial score (nSPS) is 10.4. The van der Waals surface area contributed by atoms with Gasteiger partial charge in [0.25, 0.3) is 0 Å². The molecule has 4 heteroatoms. The van der Waals surface area contributed by atoms with Crippen LogP contribution in [0, 0.1) is 5.92 Å². The first-order chi connectivity index (χ1) is 11.1. The molecule has 0 radical (unpaired) electrons. The summed E-state index contributed by atoms with van der Waals surface area (Å²) >= 11 is 0. The molecular weight excluding hydrogens is 292 g/mol. The third kappa shape index (κ3) is 4.95. The molecule has 2 aromatic carbocycles. The minimum atomic E-state index is -0.426. The number of hydrogen-bond acceptors (Lipinski definition) is 4. The van der Waals surface area contributed by atoms with Crippen LogP contribution in [0.15, 0.2) is 54.6 Å². The lowest BCUT2D eigenvalue weighted by molar-refractivity contribution is -0.148. The second-order valence-corrected chi connectivity index (χ2v) is 5.40. The number of benzene rings is 2. The highest BCUT2D eigenvalue weighted by Gasteiger charge is 2.10. The van der Waals surface area contributed by atoms with Gasteiger partial charge in [-0.15, -0.1) is 0 Å². The number of carbonyl (C=O) groups is 2. The van der Waals surface area contributed by atoms with Crippen molar-refractivity contribution in [1.82, 2.24) is 0 Å². The number of rotatable bonds is 6. The van der Waals surface area contributed by atoms with E-state index in [-0.39, 0.29) is 25.1 Å². The lowest BCUT2D eigenvalue weighted by Crippen LogP contribution is -2.17. The molecule has 0 aromatic heterocycles. The Labute approximate surface area is 136 Å². The Hall–Kier alpha value is -2.62.